The van der Waals surface area contributed by atoms with Gasteiger partial charge in [-0.3, -0.25) is 9.69 Å². The largest absolute Gasteiger partial charge is 0.434 e. The normalized spacial score (nSPS) is 13.5. The van der Waals surface area contributed by atoms with Crippen LogP contribution in [0.15, 0.2) is 36.4 Å². The maximum atomic E-state index is 12.8. The van der Waals surface area contributed by atoms with Crippen molar-refractivity contribution in [1.82, 2.24) is 4.90 Å². The highest BCUT2D eigenvalue weighted by Gasteiger charge is 2.18. The standard InChI is InChI=1S/C21H21F2N3O2.C3H8O/c1-14-10-15(12-24)4-7-18(14)20(27)25-17-6-5-16(13-26-8-2-3-9-26)19(11-17)28-21(22)23;1-3(2)4/h4-7,10-11,21H,2-3,8-9,13H2,1H3,(H,25,27);3-4H,1-2H3. The van der Waals surface area contributed by atoms with Crippen molar-refractivity contribution in [2.75, 3.05) is 18.4 Å². The number of benzene rings is 2. The molecule has 0 spiro atoms. The number of carbonyl (C=O) groups excluding carboxylic acids is 1. The molecule has 0 atom stereocenters. The lowest BCUT2D eigenvalue weighted by Gasteiger charge is -2.18. The predicted molar refractivity (Wildman–Crippen MR) is 119 cm³/mol. The molecule has 0 radical (unpaired) electrons. The SMILES string of the molecule is CC(C)O.Cc1cc(C#N)ccc1C(=O)Nc1ccc(CN2CCCC2)c(OC(F)F)c1. The Kier molecular flexibility index (Phi) is 9.57. The van der Waals surface area contributed by atoms with E-state index < -0.39 is 6.61 Å². The molecule has 1 aliphatic heterocycles. The number of anilines is 1. The summed E-state index contributed by atoms with van der Waals surface area (Å²) in [6.45, 7) is 4.64. The fraction of sp³-hybridized carbons (Fsp3) is 0.417. The fourth-order valence-electron chi connectivity index (χ4n) is 3.34. The minimum atomic E-state index is -2.94. The van der Waals surface area contributed by atoms with Crippen molar-refractivity contribution < 1.29 is 23.4 Å². The molecule has 2 N–H and O–H groups in total. The molecule has 0 saturated carbocycles. The highest BCUT2D eigenvalue weighted by Crippen LogP contribution is 2.28. The summed E-state index contributed by atoms with van der Waals surface area (Å²) in [5.41, 5.74) is 2.57. The number of nitriles is 1. The molecule has 0 bridgehead atoms. The summed E-state index contributed by atoms with van der Waals surface area (Å²) in [5, 5.41) is 19.7. The van der Waals surface area contributed by atoms with Gasteiger partial charge in [0.1, 0.15) is 5.75 Å². The highest BCUT2D eigenvalue weighted by molar-refractivity contribution is 6.05. The first-order valence-electron chi connectivity index (χ1n) is 10.5. The summed E-state index contributed by atoms with van der Waals surface area (Å²) in [7, 11) is 0. The molecule has 1 fully saturated rings. The zero-order chi connectivity index (χ0) is 23.7. The zero-order valence-electron chi connectivity index (χ0n) is 18.6. The molecule has 2 aromatic carbocycles. The summed E-state index contributed by atoms with van der Waals surface area (Å²) < 4.78 is 30.4. The van der Waals surface area contributed by atoms with Crippen molar-refractivity contribution in [3.8, 4) is 11.8 Å². The van der Waals surface area contributed by atoms with Crippen LogP contribution in [0, 0.1) is 18.3 Å². The van der Waals surface area contributed by atoms with E-state index in [2.05, 4.69) is 10.2 Å². The van der Waals surface area contributed by atoms with Gasteiger partial charge in [0.25, 0.3) is 5.91 Å². The lowest BCUT2D eigenvalue weighted by Crippen LogP contribution is -2.19. The van der Waals surface area contributed by atoms with Crippen molar-refractivity contribution in [2.24, 2.45) is 0 Å². The number of nitrogens with zero attached hydrogens (tertiary/aromatic N) is 2. The average molecular weight is 446 g/mol. The van der Waals surface area contributed by atoms with Crippen molar-refractivity contribution in [3.05, 3.63) is 58.7 Å². The van der Waals surface area contributed by atoms with E-state index in [-0.39, 0.29) is 17.8 Å². The molecular weight excluding hydrogens is 416 g/mol. The van der Waals surface area contributed by atoms with Crippen molar-refractivity contribution in [3.63, 3.8) is 0 Å². The maximum absolute atomic E-state index is 12.8. The third kappa shape index (κ3) is 7.91. The van der Waals surface area contributed by atoms with E-state index in [1.165, 1.54) is 6.07 Å². The number of likely N-dealkylation sites (tertiary alicyclic amines) is 1. The minimum absolute atomic E-state index is 0.0660. The lowest BCUT2D eigenvalue weighted by atomic mass is 10.0. The van der Waals surface area contributed by atoms with Crippen LogP contribution in [-0.4, -0.2) is 41.7 Å². The highest BCUT2D eigenvalue weighted by atomic mass is 19.3. The van der Waals surface area contributed by atoms with Gasteiger partial charge in [0, 0.05) is 35.5 Å². The molecule has 1 aliphatic rings. The molecule has 32 heavy (non-hydrogen) atoms. The van der Waals surface area contributed by atoms with Crippen LogP contribution >= 0.6 is 0 Å². The van der Waals surface area contributed by atoms with Gasteiger partial charge in [-0.2, -0.15) is 14.0 Å². The molecule has 8 heteroatoms. The quantitative estimate of drug-likeness (QED) is 0.673. The second-order valence-corrected chi connectivity index (χ2v) is 7.87. The minimum Gasteiger partial charge on any atom is -0.434 e. The first-order valence-corrected chi connectivity index (χ1v) is 10.5. The molecule has 0 aliphatic carbocycles. The van der Waals surface area contributed by atoms with Crippen LogP contribution in [0.4, 0.5) is 14.5 Å². The lowest BCUT2D eigenvalue weighted by molar-refractivity contribution is -0.0506. The number of aliphatic hydroxyl groups is 1. The molecule has 3 rings (SSSR count). The van der Waals surface area contributed by atoms with E-state index in [9.17, 15) is 13.6 Å². The van der Waals surface area contributed by atoms with Gasteiger partial charge in [0.15, 0.2) is 0 Å². The van der Waals surface area contributed by atoms with Crippen molar-refractivity contribution in [1.29, 1.82) is 5.26 Å². The number of nitrogens with one attached hydrogen (secondary N) is 1. The van der Waals surface area contributed by atoms with Crippen molar-refractivity contribution in [2.45, 2.75) is 52.9 Å². The molecule has 0 aromatic heterocycles. The van der Waals surface area contributed by atoms with E-state index in [0.29, 0.717) is 34.5 Å². The van der Waals surface area contributed by atoms with Crippen LogP contribution in [-0.2, 0) is 6.54 Å². The second-order valence-electron chi connectivity index (χ2n) is 7.87. The van der Waals surface area contributed by atoms with E-state index >= 15 is 0 Å². The van der Waals surface area contributed by atoms with Crippen LogP contribution in [0.5, 0.6) is 5.75 Å². The first-order chi connectivity index (χ1) is 15.2. The Bertz CT molecular complexity index is 949. The number of rotatable bonds is 6. The zero-order valence-corrected chi connectivity index (χ0v) is 18.6. The number of aryl methyl sites for hydroxylation is 1. The number of alkyl halides is 2. The van der Waals surface area contributed by atoms with Crippen LogP contribution in [0.1, 0.15) is 53.7 Å². The number of aliphatic hydroxyl groups excluding tert-OH is 1. The molecule has 1 saturated heterocycles. The van der Waals surface area contributed by atoms with Crippen molar-refractivity contribution >= 4 is 11.6 Å². The fourth-order valence-corrected chi connectivity index (χ4v) is 3.34. The summed E-state index contributed by atoms with van der Waals surface area (Å²) in [6, 6.07) is 11.6. The molecule has 1 heterocycles. The Hall–Kier alpha value is -3.02. The monoisotopic (exact) mass is 445 g/mol. The van der Waals surface area contributed by atoms with Gasteiger partial charge in [-0.25, -0.2) is 0 Å². The van der Waals surface area contributed by atoms with E-state index in [4.69, 9.17) is 15.1 Å². The molecular formula is C24H29F2N3O3. The molecule has 172 valence electrons. The Morgan fingerprint density at radius 1 is 1.22 bits per heavy atom. The van der Waals surface area contributed by atoms with Crippen LogP contribution in [0.2, 0.25) is 0 Å². The number of carbonyl (C=O) groups is 1. The van der Waals surface area contributed by atoms with E-state index in [0.717, 1.165) is 25.9 Å². The molecule has 1 amide bonds. The summed E-state index contributed by atoms with van der Waals surface area (Å²) >= 11 is 0. The van der Waals surface area contributed by atoms with Gasteiger partial charge in [-0.05, 0) is 76.5 Å². The number of hydrogen-bond acceptors (Lipinski definition) is 5. The Labute approximate surface area is 187 Å². The predicted octanol–water partition coefficient (Wildman–Crippen LogP) is 4.70. The van der Waals surface area contributed by atoms with Gasteiger partial charge in [-0.15, -0.1) is 0 Å². The molecule has 2 aromatic rings. The number of halogens is 2. The van der Waals surface area contributed by atoms with Gasteiger partial charge in [-0.1, -0.05) is 6.07 Å². The third-order valence-corrected chi connectivity index (χ3v) is 4.73. The summed E-state index contributed by atoms with van der Waals surface area (Å²) in [6.07, 6.45) is 2.03. The second kappa shape index (κ2) is 12.1. The summed E-state index contributed by atoms with van der Waals surface area (Å²) in [4.78, 5) is 14.7. The third-order valence-electron chi connectivity index (χ3n) is 4.73. The van der Waals surface area contributed by atoms with E-state index in [1.54, 1.807) is 51.1 Å². The van der Waals surface area contributed by atoms with Crippen LogP contribution < -0.4 is 10.1 Å². The smallest absolute Gasteiger partial charge is 0.387 e. The average Bonchev–Trinajstić information content (AvgIpc) is 3.22. The van der Waals surface area contributed by atoms with Crippen LogP contribution in [0.3, 0.4) is 0 Å². The van der Waals surface area contributed by atoms with Gasteiger partial charge >= 0.3 is 6.61 Å². The number of ether oxygens (including phenoxy) is 1. The maximum Gasteiger partial charge on any atom is 0.387 e. The van der Waals surface area contributed by atoms with Gasteiger partial charge < -0.3 is 15.2 Å². The number of hydrogen-bond donors (Lipinski definition) is 2. The molecule has 6 nitrogen and oxygen atoms in total. The Balaban J connectivity index is 0.000000837. The first kappa shape index (κ1) is 25.2. The topological polar surface area (TPSA) is 85.6 Å². The molecule has 0 unspecified atom stereocenters. The summed E-state index contributed by atoms with van der Waals surface area (Å²) in [5.74, 6) is -0.312. The number of amides is 1. The van der Waals surface area contributed by atoms with Gasteiger partial charge in [0.05, 0.1) is 11.6 Å². The van der Waals surface area contributed by atoms with E-state index in [1.807, 2.05) is 6.07 Å². The van der Waals surface area contributed by atoms with Gasteiger partial charge in [0.2, 0.25) is 0 Å². The van der Waals surface area contributed by atoms with Crippen LogP contribution in [0.25, 0.3) is 0 Å². The Morgan fingerprint density at radius 2 is 1.88 bits per heavy atom. The Morgan fingerprint density at radius 3 is 2.44 bits per heavy atom.